The zero-order valence-electron chi connectivity index (χ0n) is 14.9. The molecule has 0 saturated carbocycles. The van der Waals surface area contributed by atoms with Gasteiger partial charge in [0.2, 0.25) is 15.9 Å². The van der Waals surface area contributed by atoms with Gasteiger partial charge in [-0.3, -0.25) is 9.36 Å². The predicted molar refractivity (Wildman–Crippen MR) is 97.1 cm³/mol. The van der Waals surface area contributed by atoms with Crippen LogP contribution in [0.1, 0.15) is 30.7 Å². The molecule has 9 heteroatoms. The molecule has 1 atom stereocenters. The molecule has 2 aromatic rings. The van der Waals surface area contributed by atoms with E-state index in [2.05, 4.69) is 15.3 Å². The summed E-state index contributed by atoms with van der Waals surface area (Å²) in [6.45, 7) is 2.60. The second kappa shape index (κ2) is 7.55. The molecule has 1 amide bonds. The Morgan fingerprint density at radius 2 is 2.12 bits per heavy atom. The van der Waals surface area contributed by atoms with Gasteiger partial charge in [-0.2, -0.15) is 4.31 Å². The van der Waals surface area contributed by atoms with Crippen molar-refractivity contribution in [1.82, 2.24) is 24.2 Å². The molecule has 1 saturated heterocycles. The van der Waals surface area contributed by atoms with Gasteiger partial charge in [0.15, 0.2) is 0 Å². The summed E-state index contributed by atoms with van der Waals surface area (Å²) in [6.07, 6.45) is 8.55. The third-order valence-electron chi connectivity index (χ3n) is 4.53. The fraction of sp³-hybridized carbons (Fsp3) is 0.471. The molecule has 0 aromatic carbocycles. The van der Waals surface area contributed by atoms with E-state index in [9.17, 15) is 13.2 Å². The average molecular weight is 377 g/mol. The lowest BCUT2D eigenvalue weighted by Gasteiger charge is -2.32. The average Bonchev–Trinajstić information content (AvgIpc) is 3.05. The Balaban J connectivity index is 1.69. The number of sulfonamides is 1. The molecule has 8 nitrogen and oxygen atoms in total. The van der Waals surface area contributed by atoms with Crippen LogP contribution >= 0.6 is 0 Å². The fourth-order valence-corrected chi connectivity index (χ4v) is 4.32. The summed E-state index contributed by atoms with van der Waals surface area (Å²) in [5.41, 5.74) is 0.887. The van der Waals surface area contributed by atoms with Gasteiger partial charge in [0.25, 0.3) is 0 Å². The first-order chi connectivity index (χ1) is 12.4. The molecule has 3 heterocycles. The molecule has 0 bridgehead atoms. The van der Waals surface area contributed by atoms with Gasteiger partial charge >= 0.3 is 0 Å². The standard InChI is InChI=1S/C17H23N5O3S/c1-13-18-8-10-21(13)16-11-14(6-7-19-16)12-20-17(23)15-5-3-4-9-22(15)26(2,24)25/h6-8,10-11,15H,3-5,9,12H2,1-2H3,(H,20,23). The molecule has 0 radical (unpaired) electrons. The lowest BCUT2D eigenvalue weighted by Crippen LogP contribution is -2.51. The number of imidazole rings is 1. The summed E-state index contributed by atoms with van der Waals surface area (Å²) >= 11 is 0. The summed E-state index contributed by atoms with van der Waals surface area (Å²) in [7, 11) is -3.39. The molecule has 0 aliphatic carbocycles. The van der Waals surface area contributed by atoms with Crippen LogP contribution in [0.2, 0.25) is 0 Å². The second-order valence-electron chi connectivity index (χ2n) is 6.47. The first-order valence-corrected chi connectivity index (χ1v) is 10.4. The van der Waals surface area contributed by atoms with Crippen LogP contribution in [-0.4, -0.2) is 52.0 Å². The summed E-state index contributed by atoms with van der Waals surface area (Å²) < 4.78 is 27.0. The number of aryl methyl sites for hydroxylation is 1. The van der Waals surface area contributed by atoms with Crippen LogP contribution < -0.4 is 5.32 Å². The lowest BCUT2D eigenvalue weighted by molar-refractivity contribution is -0.125. The van der Waals surface area contributed by atoms with Crippen LogP contribution in [-0.2, 0) is 21.4 Å². The van der Waals surface area contributed by atoms with Gasteiger partial charge < -0.3 is 5.32 Å². The first-order valence-electron chi connectivity index (χ1n) is 8.56. The Morgan fingerprint density at radius 3 is 2.81 bits per heavy atom. The van der Waals surface area contributed by atoms with Crippen molar-refractivity contribution in [1.29, 1.82) is 0 Å². The highest BCUT2D eigenvalue weighted by atomic mass is 32.2. The Bertz CT molecular complexity index is 893. The van der Waals surface area contributed by atoms with Gasteiger partial charge in [-0.25, -0.2) is 18.4 Å². The van der Waals surface area contributed by atoms with Crippen molar-refractivity contribution in [3.05, 3.63) is 42.1 Å². The van der Waals surface area contributed by atoms with Crippen molar-refractivity contribution in [2.24, 2.45) is 0 Å². The monoisotopic (exact) mass is 377 g/mol. The topological polar surface area (TPSA) is 97.2 Å². The third kappa shape index (κ3) is 4.10. The Kier molecular flexibility index (Phi) is 5.38. The van der Waals surface area contributed by atoms with Crippen LogP contribution in [0.25, 0.3) is 5.82 Å². The zero-order valence-corrected chi connectivity index (χ0v) is 15.7. The molecule has 0 spiro atoms. The van der Waals surface area contributed by atoms with Gasteiger partial charge in [-0.15, -0.1) is 0 Å². The van der Waals surface area contributed by atoms with Crippen molar-refractivity contribution < 1.29 is 13.2 Å². The number of carbonyl (C=O) groups is 1. The van der Waals surface area contributed by atoms with Crippen LogP contribution in [0.3, 0.4) is 0 Å². The number of piperidine rings is 1. The van der Waals surface area contributed by atoms with E-state index in [-0.39, 0.29) is 5.91 Å². The molecule has 1 aliphatic rings. The van der Waals surface area contributed by atoms with Crippen molar-refractivity contribution in [2.45, 2.75) is 38.8 Å². The van der Waals surface area contributed by atoms with E-state index in [1.165, 1.54) is 4.31 Å². The number of hydrogen-bond acceptors (Lipinski definition) is 5. The van der Waals surface area contributed by atoms with E-state index in [0.717, 1.165) is 36.3 Å². The van der Waals surface area contributed by atoms with Crippen LogP contribution in [0.5, 0.6) is 0 Å². The fourth-order valence-electron chi connectivity index (χ4n) is 3.19. The van der Waals surface area contributed by atoms with Gasteiger partial charge in [0.1, 0.15) is 17.7 Å². The maximum absolute atomic E-state index is 12.5. The SMILES string of the molecule is Cc1nccn1-c1cc(CNC(=O)C2CCCCN2S(C)(=O)=O)ccn1. The molecule has 2 aromatic heterocycles. The number of amides is 1. The van der Waals surface area contributed by atoms with Gasteiger partial charge in [0, 0.05) is 31.7 Å². The van der Waals surface area contributed by atoms with Crippen LogP contribution in [0.15, 0.2) is 30.7 Å². The predicted octanol–water partition coefficient (Wildman–Crippen LogP) is 1.01. The zero-order chi connectivity index (χ0) is 18.7. The van der Waals surface area contributed by atoms with Crippen molar-refractivity contribution in [2.75, 3.05) is 12.8 Å². The van der Waals surface area contributed by atoms with Gasteiger partial charge in [-0.05, 0) is 37.5 Å². The smallest absolute Gasteiger partial charge is 0.238 e. The van der Waals surface area contributed by atoms with Gasteiger partial charge in [-0.1, -0.05) is 6.42 Å². The molecular formula is C17H23N5O3S. The number of carbonyl (C=O) groups excluding carboxylic acids is 1. The Labute approximate surface area is 153 Å². The van der Waals surface area contributed by atoms with Crippen molar-refractivity contribution >= 4 is 15.9 Å². The van der Waals surface area contributed by atoms with E-state index in [0.29, 0.717) is 19.5 Å². The maximum Gasteiger partial charge on any atom is 0.238 e. The van der Waals surface area contributed by atoms with E-state index < -0.39 is 16.1 Å². The minimum absolute atomic E-state index is 0.257. The van der Waals surface area contributed by atoms with Crippen LogP contribution in [0, 0.1) is 6.92 Å². The minimum atomic E-state index is -3.39. The Hall–Kier alpha value is -2.26. The number of pyridine rings is 1. The van der Waals surface area contributed by atoms with Crippen LogP contribution in [0.4, 0.5) is 0 Å². The largest absolute Gasteiger partial charge is 0.351 e. The number of hydrogen-bond donors (Lipinski definition) is 1. The highest BCUT2D eigenvalue weighted by Crippen LogP contribution is 2.20. The molecule has 140 valence electrons. The molecule has 3 rings (SSSR count). The second-order valence-corrected chi connectivity index (χ2v) is 8.40. The number of rotatable bonds is 5. The highest BCUT2D eigenvalue weighted by Gasteiger charge is 2.34. The lowest BCUT2D eigenvalue weighted by atomic mass is 10.0. The highest BCUT2D eigenvalue weighted by molar-refractivity contribution is 7.88. The van der Waals surface area contributed by atoms with E-state index in [1.807, 2.05) is 29.8 Å². The first kappa shape index (κ1) is 18.5. The summed E-state index contributed by atoms with van der Waals surface area (Å²) in [6, 6.07) is 3.08. The molecule has 1 unspecified atom stereocenters. The van der Waals surface area contributed by atoms with E-state index in [1.54, 1.807) is 12.4 Å². The summed E-state index contributed by atoms with van der Waals surface area (Å²) in [5.74, 6) is 1.29. The molecule has 1 fully saturated rings. The molecule has 1 N–H and O–H groups in total. The quantitative estimate of drug-likeness (QED) is 0.839. The van der Waals surface area contributed by atoms with Crippen molar-refractivity contribution in [3.8, 4) is 5.82 Å². The normalized spacial score (nSPS) is 18.6. The maximum atomic E-state index is 12.5. The Morgan fingerprint density at radius 1 is 1.31 bits per heavy atom. The number of nitrogens with one attached hydrogen (secondary N) is 1. The number of nitrogens with zero attached hydrogens (tertiary/aromatic N) is 4. The number of aromatic nitrogens is 3. The van der Waals surface area contributed by atoms with E-state index in [4.69, 9.17) is 0 Å². The summed E-state index contributed by atoms with van der Waals surface area (Å²) in [4.78, 5) is 21.1. The minimum Gasteiger partial charge on any atom is -0.351 e. The van der Waals surface area contributed by atoms with Crippen molar-refractivity contribution in [3.63, 3.8) is 0 Å². The molecule has 26 heavy (non-hydrogen) atoms. The van der Waals surface area contributed by atoms with Gasteiger partial charge in [0.05, 0.1) is 6.26 Å². The summed E-state index contributed by atoms with van der Waals surface area (Å²) in [5, 5.41) is 2.86. The molecular weight excluding hydrogens is 354 g/mol. The third-order valence-corrected chi connectivity index (χ3v) is 5.82. The van der Waals surface area contributed by atoms with E-state index >= 15 is 0 Å². The molecule has 1 aliphatic heterocycles.